The predicted molar refractivity (Wildman–Crippen MR) is 121 cm³/mol. The Morgan fingerprint density at radius 1 is 1.10 bits per heavy atom. The molecule has 4 rings (SSSR count). The number of amides is 1. The van der Waals surface area contributed by atoms with Crippen LogP contribution in [-0.4, -0.2) is 54.4 Å². The number of hydrogen-bond donors (Lipinski definition) is 0. The lowest BCUT2D eigenvalue weighted by molar-refractivity contribution is -0.0588. The second kappa shape index (κ2) is 9.02. The van der Waals surface area contributed by atoms with Crippen LogP contribution in [0.3, 0.4) is 0 Å². The van der Waals surface area contributed by atoms with Crippen molar-refractivity contribution in [1.29, 1.82) is 0 Å². The van der Waals surface area contributed by atoms with Crippen molar-refractivity contribution in [2.75, 3.05) is 26.8 Å². The van der Waals surface area contributed by atoms with Crippen molar-refractivity contribution in [2.45, 2.75) is 39.5 Å². The molecule has 0 radical (unpaired) electrons. The Morgan fingerprint density at radius 2 is 1.84 bits per heavy atom. The highest BCUT2D eigenvalue weighted by atomic mass is 16.5. The van der Waals surface area contributed by atoms with E-state index in [0.29, 0.717) is 31.9 Å². The number of nitrogens with zero attached hydrogens (tertiary/aromatic N) is 2. The molecule has 0 bridgehead atoms. The third-order valence-electron chi connectivity index (χ3n) is 5.61. The van der Waals surface area contributed by atoms with Crippen LogP contribution in [0.1, 0.15) is 36.8 Å². The fourth-order valence-electron chi connectivity index (χ4n) is 4.35. The van der Waals surface area contributed by atoms with Crippen molar-refractivity contribution in [3.63, 3.8) is 0 Å². The summed E-state index contributed by atoms with van der Waals surface area (Å²) < 4.78 is 19.2. The molecule has 31 heavy (non-hydrogen) atoms. The molecule has 1 saturated heterocycles. The number of ether oxygens (including phenoxy) is 3. The van der Waals surface area contributed by atoms with Gasteiger partial charge in [0.15, 0.2) is 0 Å². The molecule has 0 N–H and O–H groups in total. The number of carbonyl (C=O) groups excluding carboxylic acids is 1. The van der Waals surface area contributed by atoms with Crippen LogP contribution in [0.2, 0.25) is 0 Å². The van der Waals surface area contributed by atoms with Crippen LogP contribution in [0.25, 0.3) is 10.9 Å². The fourth-order valence-corrected chi connectivity index (χ4v) is 4.35. The molecule has 1 aliphatic heterocycles. The third-order valence-corrected chi connectivity index (χ3v) is 5.61. The summed E-state index contributed by atoms with van der Waals surface area (Å²) in [5, 5.41) is 0.949. The smallest absolute Gasteiger partial charge is 0.270 e. The molecule has 164 valence electrons. The van der Waals surface area contributed by atoms with Gasteiger partial charge >= 0.3 is 0 Å². The maximum atomic E-state index is 13.6. The van der Waals surface area contributed by atoms with Gasteiger partial charge in [0.2, 0.25) is 0 Å². The molecule has 1 aliphatic rings. The van der Waals surface area contributed by atoms with Gasteiger partial charge < -0.3 is 23.7 Å². The second-order valence-electron chi connectivity index (χ2n) is 8.06. The van der Waals surface area contributed by atoms with Crippen LogP contribution in [0.15, 0.2) is 48.5 Å². The van der Waals surface area contributed by atoms with Crippen molar-refractivity contribution in [3.05, 3.63) is 59.8 Å². The predicted octanol–water partition coefficient (Wildman–Crippen LogP) is 4.35. The standard InChI is InChI=1S/C25H30N2O4/c1-5-30-24-11-7-10-22-21(24)13-23(25(28)26-14-17(2)31-18(3)15-26)27(22)16-19-8-6-9-20(12-19)29-4/h6-13,17-18H,5,14-16H2,1-4H3. The number of methoxy groups -OCH3 is 1. The molecule has 2 unspecified atom stereocenters. The van der Waals surface area contributed by atoms with Gasteiger partial charge in [0.25, 0.3) is 5.91 Å². The minimum Gasteiger partial charge on any atom is -0.497 e. The molecule has 1 amide bonds. The number of carbonyl (C=O) groups is 1. The quantitative estimate of drug-likeness (QED) is 0.593. The van der Waals surface area contributed by atoms with Gasteiger partial charge in [-0.25, -0.2) is 0 Å². The molecule has 0 aliphatic carbocycles. The summed E-state index contributed by atoms with van der Waals surface area (Å²) in [7, 11) is 1.66. The molecule has 2 aromatic carbocycles. The Labute approximate surface area is 183 Å². The number of rotatable bonds is 6. The summed E-state index contributed by atoms with van der Waals surface area (Å²) in [5.74, 6) is 1.61. The van der Waals surface area contributed by atoms with E-state index in [1.54, 1.807) is 7.11 Å². The average molecular weight is 423 g/mol. The number of morpholine rings is 1. The topological polar surface area (TPSA) is 52.9 Å². The molecule has 1 aromatic heterocycles. The SMILES string of the molecule is CCOc1cccc2c1cc(C(=O)N1CC(C)OC(C)C1)n2Cc1cccc(OC)c1. The number of benzene rings is 2. The number of aromatic nitrogens is 1. The molecule has 6 nitrogen and oxygen atoms in total. The maximum Gasteiger partial charge on any atom is 0.270 e. The van der Waals surface area contributed by atoms with Gasteiger partial charge in [0, 0.05) is 25.0 Å². The Kier molecular flexibility index (Phi) is 6.18. The van der Waals surface area contributed by atoms with E-state index in [4.69, 9.17) is 14.2 Å². The van der Waals surface area contributed by atoms with Crippen LogP contribution in [0.4, 0.5) is 0 Å². The first-order valence-electron chi connectivity index (χ1n) is 10.8. The zero-order valence-corrected chi connectivity index (χ0v) is 18.6. The summed E-state index contributed by atoms with van der Waals surface area (Å²) in [4.78, 5) is 15.5. The Bertz CT molecular complexity index is 1060. The molecule has 3 aromatic rings. The van der Waals surface area contributed by atoms with Crippen molar-refractivity contribution in [1.82, 2.24) is 9.47 Å². The minimum atomic E-state index is 0.0166. The van der Waals surface area contributed by atoms with E-state index in [0.717, 1.165) is 28.0 Å². The highest BCUT2D eigenvalue weighted by molar-refractivity contribution is 6.00. The molecule has 0 spiro atoms. The van der Waals surface area contributed by atoms with E-state index in [1.165, 1.54) is 0 Å². The molecular weight excluding hydrogens is 392 g/mol. The van der Waals surface area contributed by atoms with Gasteiger partial charge in [-0.2, -0.15) is 0 Å². The van der Waals surface area contributed by atoms with E-state index >= 15 is 0 Å². The summed E-state index contributed by atoms with van der Waals surface area (Å²) in [5.41, 5.74) is 2.70. The zero-order valence-electron chi connectivity index (χ0n) is 18.6. The molecule has 2 heterocycles. The summed E-state index contributed by atoms with van der Waals surface area (Å²) in [6, 6.07) is 15.9. The van der Waals surface area contributed by atoms with E-state index in [2.05, 4.69) is 4.57 Å². The molecule has 0 saturated carbocycles. The first-order valence-corrected chi connectivity index (χ1v) is 10.8. The summed E-state index contributed by atoms with van der Waals surface area (Å²) >= 11 is 0. The fraction of sp³-hybridized carbons (Fsp3) is 0.400. The van der Waals surface area contributed by atoms with Gasteiger partial charge in [-0.3, -0.25) is 4.79 Å². The second-order valence-corrected chi connectivity index (χ2v) is 8.06. The lowest BCUT2D eigenvalue weighted by atomic mass is 10.2. The lowest BCUT2D eigenvalue weighted by Gasteiger charge is -2.35. The molecule has 1 fully saturated rings. The van der Waals surface area contributed by atoms with Gasteiger partial charge in [-0.05, 0) is 56.7 Å². The van der Waals surface area contributed by atoms with E-state index in [9.17, 15) is 4.79 Å². The average Bonchev–Trinajstić information content (AvgIpc) is 3.12. The van der Waals surface area contributed by atoms with E-state index in [1.807, 2.05) is 74.2 Å². The summed E-state index contributed by atoms with van der Waals surface area (Å²) in [6.07, 6.45) is 0.0331. The molecule has 2 atom stereocenters. The van der Waals surface area contributed by atoms with Gasteiger partial charge in [0.05, 0.1) is 31.4 Å². The Morgan fingerprint density at radius 3 is 2.55 bits per heavy atom. The van der Waals surface area contributed by atoms with Gasteiger partial charge in [-0.15, -0.1) is 0 Å². The Balaban J connectivity index is 1.79. The van der Waals surface area contributed by atoms with Crippen molar-refractivity contribution >= 4 is 16.8 Å². The largest absolute Gasteiger partial charge is 0.497 e. The zero-order chi connectivity index (χ0) is 22.0. The maximum absolute atomic E-state index is 13.6. The molecule has 6 heteroatoms. The van der Waals surface area contributed by atoms with Gasteiger partial charge in [-0.1, -0.05) is 18.2 Å². The third kappa shape index (κ3) is 4.39. The first kappa shape index (κ1) is 21.2. The van der Waals surface area contributed by atoms with Crippen molar-refractivity contribution in [2.24, 2.45) is 0 Å². The van der Waals surface area contributed by atoms with E-state index in [-0.39, 0.29) is 18.1 Å². The van der Waals surface area contributed by atoms with Crippen LogP contribution in [-0.2, 0) is 11.3 Å². The molecular formula is C25H30N2O4. The minimum absolute atomic E-state index is 0.0166. The number of fused-ring (bicyclic) bond motifs is 1. The van der Waals surface area contributed by atoms with Crippen molar-refractivity contribution in [3.8, 4) is 11.5 Å². The highest BCUT2D eigenvalue weighted by Crippen LogP contribution is 2.31. The van der Waals surface area contributed by atoms with Crippen LogP contribution >= 0.6 is 0 Å². The summed E-state index contributed by atoms with van der Waals surface area (Å²) in [6.45, 7) is 8.29. The van der Waals surface area contributed by atoms with Gasteiger partial charge in [0.1, 0.15) is 17.2 Å². The monoisotopic (exact) mass is 422 g/mol. The highest BCUT2D eigenvalue weighted by Gasteiger charge is 2.29. The van der Waals surface area contributed by atoms with E-state index < -0.39 is 0 Å². The van der Waals surface area contributed by atoms with Crippen LogP contribution in [0.5, 0.6) is 11.5 Å². The number of hydrogen-bond acceptors (Lipinski definition) is 4. The van der Waals surface area contributed by atoms with Crippen LogP contribution < -0.4 is 9.47 Å². The lowest BCUT2D eigenvalue weighted by Crippen LogP contribution is -2.48. The van der Waals surface area contributed by atoms with Crippen molar-refractivity contribution < 1.29 is 19.0 Å². The van der Waals surface area contributed by atoms with Crippen LogP contribution in [0, 0.1) is 0 Å². The first-order chi connectivity index (χ1) is 15.0. The normalized spacial score (nSPS) is 18.9. The Hall–Kier alpha value is -2.99.